The van der Waals surface area contributed by atoms with Gasteiger partial charge >= 0.3 is 5.97 Å². The molecule has 0 spiro atoms. The molecule has 2 nitrogen and oxygen atoms in total. The third kappa shape index (κ3) is 3.50. The van der Waals surface area contributed by atoms with Gasteiger partial charge in [-0.2, -0.15) is 0 Å². The first kappa shape index (κ1) is 21.7. The summed E-state index contributed by atoms with van der Waals surface area (Å²) in [5.41, 5.74) is 2.26. The van der Waals surface area contributed by atoms with E-state index >= 15 is 0 Å². The Morgan fingerprint density at radius 1 is 1.21 bits per heavy atom. The zero-order valence-electron chi connectivity index (χ0n) is 19.2. The second kappa shape index (κ2) is 7.57. The van der Waals surface area contributed by atoms with Crippen LogP contribution in [-0.2, 0) is 9.53 Å². The molecular weight excluding hydrogens is 380 g/mol. The van der Waals surface area contributed by atoms with E-state index in [1.54, 1.807) is 0 Å². The van der Waals surface area contributed by atoms with E-state index in [1.807, 2.05) is 0 Å². The summed E-state index contributed by atoms with van der Waals surface area (Å²) in [5.74, 6) is 4.02. The van der Waals surface area contributed by atoms with E-state index < -0.39 is 5.06 Å². The molecule has 164 valence electrons. The van der Waals surface area contributed by atoms with E-state index in [0.29, 0.717) is 11.8 Å². The lowest BCUT2D eigenvalue weighted by molar-refractivity contribution is -0.152. The monoisotopic (exact) mass is 420 g/mol. The average molecular weight is 421 g/mol. The molecule has 0 radical (unpaired) electrons. The van der Waals surface area contributed by atoms with Gasteiger partial charge in [-0.1, -0.05) is 63.8 Å². The lowest BCUT2D eigenvalue weighted by Gasteiger charge is -2.59. The van der Waals surface area contributed by atoms with Gasteiger partial charge in [0.15, 0.2) is 5.06 Å². The summed E-state index contributed by atoms with van der Waals surface area (Å²) in [4.78, 5) is 11.6. The number of fused-ring (bicyclic) bond motifs is 5. The fourth-order valence-electron chi connectivity index (χ4n) is 8.57. The molecule has 0 heterocycles. The molecule has 3 heteroatoms. The van der Waals surface area contributed by atoms with Crippen LogP contribution < -0.4 is 0 Å². The number of halogens is 1. The van der Waals surface area contributed by atoms with Crippen molar-refractivity contribution in [3.05, 3.63) is 11.6 Å². The molecule has 0 saturated heterocycles. The quantitative estimate of drug-likeness (QED) is 0.267. The van der Waals surface area contributed by atoms with Crippen LogP contribution in [0.4, 0.5) is 0 Å². The van der Waals surface area contributed by atoms with Crippen LogP contribution in [0.15, 0.2) is 11.6 Å². The van der Waals surface area contributed by atoms with Gasteiger partial charge in [0, 0.05) is 19.8 Å². The average Bonchev–Trinajstić information content (AvgIpc) is 2.99. The lowest BCUT2D eigenvalue weighted by atomic mass is 9.47. The van der Waals surface area contributed by atoms with Crippen LogP contribution in [0, 0.1) is 40.4 Å². The van der Waals surface area contributed by atoms with Crippen molar-refractivity contribution < 1.29 is 9.53 Å². The van der Waals surface area contributed by atoms with Crippen LogP contribution in [0.25, 0.3) is 0 Å². The van der Waals surface area contributed by atoms with Gasteiger partial charge in [-0.25, -0.2) is 0 Å². The number of ether oxygens (including phenoxy) is 1. The van der Waals surface area contributed by atoms with Gasteiger partial charge in [-0.3, -0.25) is 4.79 Å². The highest BCUT2D eigenvalue weighted by Crippen LogP contribution is 2.68. The van der Waals surface area contributed by atoms with Gasteiger partial charge in [-0.05, 0) is 78.9 Å². The Balaban J connectivity index is 1.57. The molecule has 0 unspecified atom stereocenters. The minimum Gasteiger partial charge on any atom is -0.443 e. The largest absolute Gasteiger partial charge is 0.443 e. The summed E-state index contributed by atoms with van der Waals surface area (Å²) in [6, 6.07) is 0. The predicted molar refractivity (Wildman–Crippen MR) is 120 cm³/mol. The van der Waals surface area contributed by atoms with E-state index in [1.165, 1.54) is 57.4 Å². The van der Waals surface area contributed by atoms with E-state index in [4.69, 9.17) is 16.3 Å². The summed E-state index contributed by atoms with van der Waals surface area (Å²) in [6.07, 6.45) is 14.6. The van der Waals surface area contributed by atoms with Crippen LogP contribution in [0.1, 0.15) is 98.8 Å². The summed E-state index contributed by atoms with van der Waals surface area (Å²) in [5, 5.41) is -0.818. The molecule has 0 N–H and O–H groups in total. The number of allylic oxidation sites excluding steroid dienone is 1. The maximum Gasteiger partial charge on any atom is 0.304 e. The lowest BCUT2D eigenvalue weighted by Crippen LogP contribution is -2.52. The Kier molecular flexibility index (Phi) is 5.67. The Hall–Kier alpha value is -0.500. The predicted octanol–water partition coefficient (Wildman–Crippen LogP) is 7.50. The van der Waals surface area contributed by atoms with Crippen LogP contribution in [0.3, 0.4) is 0 Å². The molecule has 4 aliphatic carbocycles. The molecule has 29 heavy (non-hydrogen) atoms. The van der Waals surface area contributed by atoms with E-state index in [2.05, 4.69) is 33.8 Å². The van der Waals surface area contributed by atoms with Gasteiger partial charge < -0.3 is 4.74 Å². The van der Waals surface area contributed by atoms with Crippen molar-refractivity contribution in [1.29, 1.82) is 0 Å². The van der Waals surface area contributed by atoms with E-state index in [9.17, 15) is 4.79 Å². The standard InChI is InChI=1S/C26H41ClO2/c1-6-7-17(2)21-10-11-22-20-9-8-19-16-26(27,29-18(3)28)15-14-24(19,4)23(20)12-13-25(21,22)5/h8,17,20-23H,6-7,9-16H2,1-5H3/t17-,20+,21-,22+,23+,24+,25-,26+/m1/s1. The van der Waals surface area contributed by atoms with Gasteiger partial charge in [0.25, 0.3) is 0 Å². The molecule has 0 aromatic rings. The highest BCUT2D eigenvalue weighted by molar-refractivity contribution is 6.23. The maximum atomic E-state index is 11.6. The Morgan fingerprint density at radius 3 is 2.66 bits per heavy atom. The van der Waals surface area contributed by atoms with E-state index in [0.717, 1.165) is 42.4 Å². The van der Waals surface area contributed by atoms with Gasteiger partial charge in [0.05, 0.1) is 0 Å². The number of carbonyl (C=O) groups is 1. The normalized spacial score (nSPS) is 47.4. The van der Waals surface area contributed by atoms with Crippen LogP contribution in [0.5, 0.6) is 0 Å². The third-order valence-corrected chi connectivity index (χ3v) is 10.3. The smallest absolute Gasteiger partial charge is 0.304 e. The second-order valence-electron chi connectivity index (χ2n) is 11.4. The molecule has 4 rings (SSSR count). The number of hydrogen-bond donors (Lipinski definition) is 0. The summed E-state index contributed by atoms with van der Waals surface area (Å²) < 4.78 is 5.54. The van der Waals surface area contributed by atoms with E-state index in [-0.39, 0.29) is 11.4 Å². The van der Waals surface area contributed by atoms with Crippen molar-refractivity contribution in [2.24, 2.45) is 40.4 Å². The fraction of sp³-hybridized carbons (Fsp3) is 0.885. The molecule has 0 aliphatic heterocycles. The van der Waals surface area contributed by atoms with Crippen molar-refractivity contribution in [2.45, 2.75) is 104 Å². The first-order chi connectivity index (χ1) is 13.6. The van der Waals surface area contributed by atoms with Crippen LogP contribution >= 0.6 is 11.6 Å². The minimum atomic E-state index is -0.818. The molecule has 0 amide bonds. The molecule has 8 atom stereocenters. The topological polar surface area (TPSA) is 26.3 Å². The van der Waals surface area contributed by atoms with Crippen molar-refractivity contribution in [3.63, 3.8) is 0 Å². The van der Waals surface area contributed by atoms with Crippen LogP contribution in [0.2, 0.25) is 0 Å². The minimum absolute atomic E-state index is 0.246. The molecule has 0 bridgehead atoms. The molecule has 0 aromatic heterocycles. The molecule has 0 aromatic carbocycles. The fourth-order valence-corrected chi connectivity index (χ4v) is 8.92. The number of rotatable bonds is 4. The zero-order valence-corrected chi connectivity index (χ0v) is 20.0. The summed E-state index contributed by atoms with van der Waals surface area (Å²) >= 11 is 6.74. The van der Waals surface area contributed by atoms with Gasteiger partial charge in [-0.15, -0.1) is 0 Å². The Morgan fingerprint density at radius 2 is 1.97 bits per heavy atom. The number of carbonyl (C=O) groups excluding carboxylic acids is 1. The number of esters is 1. The number of hydrogen-bond acceptors (Lipinski definition) is 2. The summed E-state index contributed by atoms with van der Waals surface area (Å²) in [7, 11) is 0. The van der Waals surface area contributed by atoms with Crippen molar-refractivity contribution in [1.82, 2.24) is 0 Å². The van der Waals surface area contributed by atoms with Gasteiger partial charge in [0.2, 0.25) is 0 Å². The molecule has 3 fully saturated rings. The highest BCUT2D eigenvalue weighted by atomic mass is 35.5. The maximum absolute atomic E-state index is 11.6. The van der Waals surface area contributed by atoms with Crippen molar-refractivity contribution in [3.8, 4) is 0 Å². The third-order valence-electron chi connectivity index (χ3n) is 9.93. The first-order valence-corrected chi connectivity index (χ1v) is 12.6. The SMILES string of the molecule is CCC[C@@H](C)[C@H]1CC[C@H]2[C@@H]3CC=C4C[C@@](Cl)(OC(C)=O)CC[C@]4(C)[C@H]3CC[C@]12C. The molecular formula is C26H41ClO2. The molecule has 3 saturated carbocycles. The van der Waals surface area contributed by atoms with Crippen molar-refractivity contribution >= 4 is 17.6 Å². The second-order valence-corrected chi connectivity index (χ2v) is 12.1. The molecule has 4 aliphatic rings. The van der Waals surface area contributed by atoms with Gasteiger partial charge in [0.1, 0.15) is 0 Å². The van der Waals surface area contributed by atoms with Crippen molar-refractivity contribution in [2.75, 3.05) is 0 Å². The summed E-state index contributed by atoms with van der Waals surface area (Å²) in [6.45, 7) is 11.5. The zero-order chi connectivity index (χ0) is 21.0. The Bertz CT molecular complexity index is 686. The first-order valence-electron chi connectivity index (χ1n) is 12.2. The van der Waals surface area contributed by atoms with Crippen LogP contribution in [-0.4, -0.2) is 11.0 Å². The number of alkyl halides is 1. The highest BCUT2D eigenvalue weighted by Gasteiger charge is 2.60. The Labute approximate surface area is 183 Å².